The Morgan fingerprint density at radius 2 is 1.64 bits per heavy atom. The van der Waals surface area contributed by atoms with Gasteiger partial charge >= 0.3 is 11.9 Å². The molecule has 0 unspecified atom stereocenters. The Labute approximate surface area is 269 Å². The third-order valence-electron chi connectivity index (χ3n) is 7.86. The predicted octanol–water partition coefficient (Wildman–Crippen LogP) is 6.29. The van der Waals surface area contributed by atoms with Crippen LogP contribution in [0.25, 0.3) is 11.1 Å². The van der Waals surface area contributed by atoms with E-state index in [1.807, 2.05) is 46.7 Å². The van der Waals surface area contributed by atoms with Crippen molar-refractivity contribution in [2.24, 2.45) is 0 Å². The first-order valence-electron chi connectivity index (χ1n) is 15.9. The highest BCUT2D eigenvalue weighted by Gasteiger charge is 2.19. The monoisotopic (exact) mass is 636 g/mol. The number of carbonyl (C=O) groups is 3. The molecule has 1 aromatic heterocycles. The molecular weight excluding hydrogens is 592 g/mol. The zero-order valence-electron chi connectivity index (χ0n) is 25.8. The predicted molar refractivity (Wildman–Crippen MR) is 176 cm³/mol. The minimum absolute atomic E-state index is 0.00992. The van der Waals surface area contributed by atoms with Crippen molar-refractivity contribution in [1.29, 1.82) is 0 Å². The topological polar surface area (TPSA) is 125 Å². The second kappa shape index (κ2) is 18.2. The molecule has 3 aromatic rings. The quantitative estimate of drug-likeness (QED) is 0.139. The lowest BCUT2D eigenvalue weighted by atomic mass is 9.97. The van der Waals surface area contributed by atoms with Gasteiger partial charge in [-0.2, -0.15) is 11.3 Å². The third-order valence-corrected chi connectivity index (χ3v) is 8.54. The van der Waals surface area contributed by atoms with Crippen LogP contribution in [0.1, 0.15) is 72.9 Å². The Bertz CT molecular complexity index is 1380. The summed E-state index contributed by atoms with van der Waals surface area (Å²) in [5.74, 6) is -0.339. The van der Waals surface area contributed by atoms with E-state index in [4.69, 9.17) is 14.6 Å². The minimum Gasteiger partial charge on any atom is -0.494 e. The zero-order valence-corrected chi connectivity index (χ0v) is 26.6. The average molecular weight is 637 g/mol. The molecule has 1 fully saturated rings. The number of hydrogen-bond acceptors (Lipinski definition) is 7. The second-order valence-corrected chi connectivity index (χ2v) is 12.1. The minimum atomic E-state index is -0.864. The van der Waals surface area contributed by atoms with Crippen molar-refractivity contribution in [2.75, 3.05) is 39.4 Å². The van der Waals surface area contributed by atoms with Crippen LogP contribution in [0.2, 0.25) is 0 Å². The van der Waals surface area contributed by atoms with Gasteiger partial charge in [0.25, 0.3) is 5.91 Å². The van der Waals surface area contributed by atoms with E-state index in [2.05, 4.69) is 16.8 Å². The lowest BCUT2D eigenvalue weighted by molar-refractivity contribution is -0.138. The van der Waals surface area contributed by atoms with Gasteiger partial charge in [0.1, 0.15) is 11.5 Å². The third kappa shape index (κ3) is 11.2. The maximum atomic E-state index is 13.4. The van der Waals surface area contributed by atoms with Crippen molar-refractivity contribution >= 4 is 29.2 Å². The van der Waals surface area contributed by atoms with Crippen molar-refractivity contribution in [3.63, 3.8) is 0 Å². The number of nitrogens with one attached hydrogen (secondary N) is 1. The van der Waals surface area contributed by atoms with Crippen molar-refractivity contribution in [3.8, 4) is 22.6 Å². The number of rotatable bonds is 18. The summed E-state index contributed by atoms with van der Waals surface area (Å²) in [7, 11) is 0. The van der Waals surface area contributed by atoms with Crippen LogP contribution in [0, 0.1) is 0 Å². The normalized spacial score (nSPS) is 13.3. The first-order valence-corrected chi connectivity index (χ1v) is 16.8. The molecule has 2 heterocycles. The van der Waals surface area contributed by atoms with Gasteiger partial charge in [0.2, 0.25) is 0 Å². The van der Waals surface area contributed by atoms with Gasteiger partial charge in [-0.1, -0.05) is 25.0 Å². The van der Waals surface area contributed by atoms with Crippen LogP contribution < -0.4 is 14.8 Å². The standard InChI is InChI=1S/C35H44N2O7S/c38-33(39)11-6-20-44-32-10-5-9-26(31(32)12-13-34(40)41)8-3-1-2-4-19-43-30-23-28(27-14-21-45-25-27)22-29(24-30)35(42)37-17-7-15-36-16-18-37/h5,9-10,14,21-25,36H,1-4,6-8,11-13,15-20H2,(H,38,39)(H,40,41). The Morgan fingerprint density at radius 1 is 0.822 bits per heavy atom. The summed E-state index contributed by atoms with van der Waals surface area (Å²) in [6.07, 6.45) is 6.35. The number of unbranched alkanes of at least 4 members (excludes halogenated alkanes) is 3. The molecule has 0 atom stereocenters. The summed E-state index contributed by atoms with van der Waals surface area (Å²) in [6, 6.07) is 13.7. The molecule has 0 spiro atoms. The van der Waals surface area contributed by atoms with Crippen LogP contribution in [0.5, 0.6) is 11.5 Å². The van der Waals surface area contributed by atoms with E-state index in [1.54, 1.807) is 11.3 Å². The molecule has 0 radical (unpaired) electrons. The SMILES string of the molecule is O=C(O)CCCOc1cccc(CCCCCCOc2cc(C(=O)N3CCCNCC3)cc(-c3ccsc3)c2)c1CCC(=O)O. The average Bonchev–Trinajstić information content (AvgIpc) is 3.44. The van der Waals surface area contributed by atoms with E-state index in [-0.39, 0.29) is 25.4 Å². The summed E-state index contributed by atoms with van der Waals surface area (Å²) in [6.45, 7) is 4.00. The molecule has 4 rings (SSSR count). The lowest BCUT2D eigenvalue weighted by Gasteiger charge is -2.21. The summed E-state index contributed by atoms with van der Waals surface area (Å²) in [5.41, 5.74) is 4.69. The number of carboxylic acids is 2. The largest absolute Gasteiger partial charge is 0.494 e. The maximum absolute atomic E-state index is 13.4. The summed E-state index contributed by atoms with van der Waals surface area (Å²) in [4.78, 5) is 37.4. The first-order chi connectivity index (χ1) is 21.9. The van der Waals surface area contributed by atoms with Crippen LogP contribution >= 0.6 is 11.3 Å². The number of benzene rings is 2. The molecule has 9 nitrogen and oxygen atoms in total. The highest BCUT2D eigenvalue weighted by Crippen LogP contribution is 2.29. The summed E-state index contributed by atoms with van der Waals surface area (Å²) >= 11 is 1.63. The van der Waals surface area contributed by atoms with Crippen LogP contribution in [0.15, 0.2) is 53.2 Å². The van der Waals surface area contributed by atoms with Crippen molar-refractivity contribution in [2.45, 2.75) is 64.2 Å². The van der Waals surface area contributed by atoms with Crippen LogP contribution in [-0.4, -0.2) is 72.4 Å². The van der Waals surface area contributed by atoms with E-state index in [0.717, 1.165) is 80.4 Å². The number of amides is 1. The Kier molecular flexibility index (Phi) is 13.7. The van der Waals surface area contributed by atoms with Gasteiger partial charge in [0.15, 0.2) is 0 Å². The van der Waals surface area contributed by atoms with Gasteiger partial charge in [0, 0.05) is 38.0 Å². The number of aryl methyl sites for hydroxylation is 1. The molecule has 1 aliphatic rings. The molecule has 0 saturated carbocycles. The van der Waals surface area contributed by atoms with E-state index >= 15 is 0 Å². The van der Waals surface area contributed by atoms with E-state index in [9.17, 15) is 19.5 Å². The van der Waals surface area contributed by atoms with Gasteiger partial charge in [-0.15, -0.1) is 0 Å². The number of carboxylic acid groups (broad SMARTS) is 2. The zero-order chi connectivity index (χ0) is 31.9. The number of carbonyl (C=O) groups excluding carboxylic acids is 1. The Hall–Kier alpha value is -3.89. The molecule has 45 heavy (non-hydrogen) atoms. The molecule has 1 amide bonds. The molecule has 1 aliphatic heterocycles. The Balaban J connectivity index is 1.29. The van der Waals surface area contributed by atoms with Gasteiger partial charge in [-0.25, -0.2) is 0 Å². The number of ether oxygens (including phenoxy) is 2. The molecule has 10 heteroatoms. The maximum Gasteiger partial charge on any atom is 0.303 e. The number of nitrogens with zero attached hydrogens (tertiary/aromatic N) is 1. The van der Waals surface area contributed by atoms with Crippen LogP contribution in [0.4, 0.5) is 0 Å². The van der Waals surface area contributed by atoms with E-state index in [1.165, 1.54) is 0 Å². The van der Waals surface area contributed by atoms with Crippen LogP contribution in [0.3, 0.4) is 0 Å². The molecule has 0 aliphatic carbocycles. The van der Waals surface area contributed by atoms with Gasteiger partial charge < -0.3 is 29.9 Å². The fourth-order valence-corrected chi connectivity index (χ4v) is 6.16. The van der Waals surface area contributed by atoms with Crippen LogP contribution in [-0.2, 0) is 22.4 Å². The fraction of sp³-hybridized carbons (Fsp3) is 0.457. The highest BCUT2D eigenvalue weighted by atomic mass is 32.1. The van der Waals surface area contributed by atoms with Gasteiger partial charge in [-0.3, -0.25) is 14.4 Å². The lowest BCUT2D eigenvalue weighted by Crippen LogP contribution is -2.34. The van der Waals surface area contributed by atoms with Gasteiger partial charge in [-0.05, 0) is 108 Å². The summed E-state index contributed by atoms with van der Waals surface area (Å²) < 4.78 is 12.0. The number of thiophene rings is 1. The first kappa shape index (κ1) is 34.0. The number of aliphatic carboxylic acids is 2. The smallest absolute Gasteiger partial charge is 0.303 e. The second-order valence-electron chi connectivity index (χ2n) is 11.3. The molecular formula is C35H44N2O7S. The van der Waals surface area contributed by atoms with Crippen molar-refractivity contribution in [3.05, 3.63) is 69.9 Å². The molecule has 3 N–H and O–H groups in total. The van der Waals surface area contributed by atoms with Gasteiger partial charge in [0.05, 0.1) is 13.2 Å². The number of hydrogen-bond donors (Lipinski definition) is 3. The van der Waals surface area contributed by atoms with E-state index < -0.39 is 11.9 Å². The molecule has 2 aromatic carbocycles. The Morgan fingerprint density at radius 3 is 2.44 bits per heavy atom. The van der Waals surface area contributed by atoms with E-state index in [0.29, 0.717) is 43.1 Å². The summed E-state index contributed by atoms with van der Waals surface area (Å²) in [5, 5.41) is 25.6. The molecule has 242 valence electrons. The van der Waals surface area contributed by atoms with Crippen molar-refractivity contribution < 1.29 is 34.1 Å². The fourth-order valence-electron chi connectivity index (χ4n) is 5.50. The van der Waals surface area contributed by atoms with Crippen molar-refractivity contribution in [1.82, 2.24) is 10.2 Å². The highest BCUT2D eigenvalue weighted by molar-refractivity contribution is 7.08. The molecule has 0 bridgehead atoms. The molecule has 1 saturated heterocycles.